The maximum Gasteiger partial charge on any atom is 0.114 e. The lowest BCUT2D eigenvalue weighted by Crippen LogP contribution is -1.94. The minimum atomic E-state index is 0.532. The fourth-order valence-corrected chi connectivity index (χ4v) is 1.30. The van der Waals surface area contributed by atoms with Crippen LogP contribution in [0.4, 0.5) is 5.69 Å². The Morgan fingerprint density at radius 1 is 1.42 bits per heavy atom. The zero-order valence-corrected chi connectivity index (χ0v) is 7.37. The van der Waals surface area contributed by atoms with Gasteiger partial charge in [0.15, 0.2) is 0 Å². The number of hydrogen-bond acceptors (Lipinski definition) is 3. The number of rotatable bonds is 3. The average molecular weight is 164 g/mol. The van der Waals surface area contributed by atoms with Gasteiger partial charge in [0, 0.05) is 17.5 Å². The van der Waals surface area contributed by atoms with Crippen LogP contribution in [0.15, 0.2) is 17.4 Å². The molecular weight excluding hydrogens is 152 g/mol. The van der Waals surface area contributed by atoms with Crippen LogP contribution in [0.5, 0.6) is 0 Å². The molecule has 0 aliphatic heterocycles. The van der Waals surface area contributed by atoms with E-state index in [4.69, 9.17) is 0 Å². The lowest BCUT2D eigenvalue weighted by Gasteiger charge is -2.04. The van der Waals surface area contributed by atoms with Crippen LogP contribution in [0.3, 0.4) is 0 Å². The van der Waals surface area contributed by atoms with Crippen molar-refractivity contribution in [3.63, 3.8) is 0 Å². The van der Waals surface area contributed by atoms with Crippen molar-refractivity contribution in [2.24, 2.45) is 5.18 Å². The Morgan fingerprint density at radius 2 is 2.17 bits per heavy atom. The molecule has 0 N–H and O–H groups in total. The third-order valence-corrected chi connectivity index (χ3v) is 1.91. The molecule has 0 saturated carbocycles. The van der Waals surface area contributed by atoms with Crippen LogP contribution in [0, 0.1) is 4.91 Å². The van der Waals surface area contributed by atoms with Crippen molar-refractivity contribution in [3.05, 3.63) is 28.4 Å². The number of nitroso groups, excluding NO2 is 1. The Kier molecular flexibility index (Phi) is 2.91. The summed E-state index contributed by atoms with van der Waals surface area (Å²) in [7, 11) is 0. The van der Waals surface area contributed by atoms with Gasteiger partial charge in [-0.05, 0) is 24.1 Å². The quantitative estimate of drug-likeness (QED) is 0.644. The smallest absolute Gasteiger partial charge is 0.114 e. The first-order chi connectivity index (χ1) is 5.83. The molecule has 0 bridgehead atoms. The number of hydrogen-bond donors (Lipinski definition) is 0. The van der Waals surface area contributed by atoms with Crippen LogP contribution in [0.1, 0.15) is 25.1 Å². The Balaban J connectivity index is 3.21. The van der Waals surface area contributed by atoms with Crippen molar-refractivity contribution in [2.75, 3.05) is 0 Å². The van der Waals surface area contributed by atoms with Gasteiger partial charge in [-0.3, -0.25) is 4.98 Å². The van der Waals surface area contributed by atoms with E-state index in [1.165, 1.54) is 0 Å². The molecule has 0 atom stereocenters. The molecule has 0 radical (unpaired) electrons. The van der Waals surface area contributed by atoms with Crippen molar-refractivity contribution in [2.45, 2.75) is 26.7 Å². The van der Waals surface area contributed by atoms with Crippen molar-refractivity contribution < 1.29 is 0 Å². The zero-order chi connectivity index (χ0) is 8.97. The number of nitrogens with zero attached hydrogens (tertiary/aromatic N) is 2. The second-order valence-electron chi connectivity index (χ2n) is 2.55. The molecule has 0 spiro atoms. The van der Waals surface area contributed by atoms with Crippen LogP contribution in [-0.4, -0.2) is 4.98 Å². The Labute approximate surface area is 71.8 Å². The van der Waals surface area contributed by atoms with Crippen LogP contribution >= 0.6 is 0 Å². The summed E-state index contributed by atoms with van der Waals surface area (Å²) in [5, 5.41) is 2.96. The van der Waals surface area contributed by atoms with Gasteiger partial charge in [0.1, 0.15) is 5.69 Å². The standard InChI is InChI=1S/C9H12N2O/c1-3-7-8(4-2)10-6-5-9(7)11-12/h5-6H,3-4H2,1-2H3. The molecule has 0 aliphatic carbocycles. The zero-order valence-electron chi connectivity index (χ0n) is 7.37. The number of aromatic nitrogens is 1. The van der Waals surface area contributed by atoms with Crippen LogP contribution in [0.25, 0.3) is 0 Å². The molecule has 1 heterocycles. The first-order valence-electron chi connectivity index (χ1n) is 4.13. The summed E-state index contributed by atoms with van der Waals surface area (Å²) in [6.07, 6.45) is 3.30. The summed E-state index contributed by atoms with van der Waals surface area (Å²) in [5.41, 5.74) is 2.49. The number of aryl methyl sites for hydroxylation is 1. The van der Waals surface area contributed by atoms with Gasteiger partial charge in [0.2, 0.25) is 0 Å². The van der Waals surface area contributed by atoms with Crippen LogP contribution in [-0.2, 0) is 12.8 Å². The SMILES string of the molecule is CCc1nccc(N=O)c1CC. The highest BCUT2D eigenvalue weighted by molar-refractivity contribution is 5.47. The largest absolute Gasteiger partial charge is 0.261 e. The minimum absolute atomic E-state index is 0.532. The maximum atomic E-state index is 10.4. The Bertz CT molecular complexity index is 284. The van der Waals surface area contributed by atoms with Crippen LogP contribution in [0.2, 0.25) is 0 Å². The summed E-state index contributed by atoms with van der Waals surface area (Å²) in [6.45, 7) is 4.03. The molecule has 3 nitrogen and oxygen atoms in total. The Morgan fingerprint density at radius 3 is 2.67 bits per heavy atom. The molecule has 1 aromatic rings. The van der Waals surface area contributed by atoms with E-state index >= 15 is 0 Å². The van der Waals surface area contributed by atoms with E-state index in [0.717, 1.165) is 24.1 Å². The average Bonchev–Trinajstić information content (AvgIpc) is 2.16. The maximum absolute atomic E-state index is 10.4. The van der Waals surface area contributed by atoms with Gasteiger partial charge in [0.25, 0.3) is 0 Å². The van der Waals surface area contributed by atoms with Crippen molar-refractivity contribution >= 4 is 5.69 Å². The topological polar surface area (TPSA) is 42.3 Å². The predicted molar refractivity (Wildman–Crippen MR) is 48.4 cm³/mol. The van der Waals surface area contributed by atoms with Crippen molar-refractivity contribution in [1.82, 2.24) is 4.98 Å². The Hall–Kier alpha value is -1.25. The van der Waals surface area contributed by atoms with E-state index in [1.54, 1.807) is 12.3 Å². The molecule has 3 heteroatoms. The van der Waals surface area contributed by atoms with E-state index < -0.39 is 0 Å². The van der Waals surface area contributed by atoms with Gasteiger partial charge in [-0.1, -0.05) is 13.8 Å². The van der Waals surface area contributed by atoms with Crippen molar-refractivity contribution in [3.8, 4) is 0 Å². The fourth-order valence-electron chi connectivity index (χ4n) is 1.30. The first kappa shape index (κ1) is 8.84. The molecule has 0 saturated heterocycles. The molecule has 0 fully saturated rings. The van der Waals surface area contributed by atoms with Crippen LogP contribution < -0.4 is 0 Å². The van der Waals surface area contributed by atoms with E-state index in [2.05, 4.69) is 10.2 Å². The molecule has 1 rings (SSSR count). The lowest BCUT2D eigenvalue weighted by atomic mass is 10.1. The lowest BCUT2D eigenvalue weighted by molar-refractivity contribution is 0.962. The van der Waals surface area contributed by atoms with Gasteiger partial charge in [-0.15, -0.1) is 4.91 Å². The highest BCUT2D eigenvalue weighted by Gasteiger charge is 2.05. The summed E-state index contributed by atoms with van der Waals surface area (Å²) in [6, 6.07) is 1.66. The molecule has 12 heavy (non-hydrogen) atoms. The van der Waals surface area contributed by atoms with E-state index in [-0.39, 0.29) is 0 Å². The molecule has 0 amide bonds. The highest BCUT2D eigenvalue weighted by Crippen LogP contribution is 2.21. The minimum Gasteiger partial charge on any atom is -0.261 e. The summed E-state index contributed by atoms with van der Waals surface area (Å²) < 4.78 is 0. The molecule has 0 aliphatic rings. The van der Waals surface area contributed by atoms with Gasteiger partial charge in [-0.2, -0.15) is 0 Å². The molecule has 0 unspecified atom stereocenters. The van der Waals surface area contributed by atoms with E-state index in [0.29, 0.717) is 5.69 Å². The van der Waals surface area contributed by atoms with E-state index in [9.17, 15) is 4.91 Å². The highest BCUT2D eigenvalue weighted by atomic mass is 16.3. The second-order valence-corrected chi connectivity index (χ2v) is 2.55. The first-order valence-corrected chi connectivity index (χ1v) is 4.13. The summed E-state index contributed by atoms with van der Waals surface area (Å²) in [5.74, 6) is 0. The molecule has 64 valence electrons. The monoisotopic (exact) mass is 164 g/mol. The van der Waals surface area contributed by atoms with Crippen molar-refractivity contribution in [1.29, 1.82) is 0 Å². The van der Waals surface area contributed by atoms with Gasteiger partial charge < -0.3 is 0 Å². The molecule has 0 aromatic carbocycles. The summed E-state index contributed by atoms with van der Waals surface area (Å²) in [4.78, 5) is 14.6. The van der Waals surface area contributed by atoms with Gasteiger partial charge in [0.05, 0.1) is 0 Å². The van der Waals surface area contributed by atoms with Gasteiger partial charge >= 0.3 is 0 Å². The molecular formula is C9H12N2O. The fraction of sp³-hybridized carbons (Fsp3) is 0.444. The normalized spacial score (nSPS) is 9.83. The molecule has 1 aromatic heterocycles. The summed E-state index contributed by atoms with van der Waals surface area (Å²) >= 11 is 0. The number of pyridine rings is 1. The van der Waals surface area contributed by atoms with E-state index in [1.807, 2.05) is 13.8 Å². The second kappa shape index (κ2) is 3.95. The third kappa shape index (κ3) is 1.49. The van der Waals surface area contributed by atoms with Gasteiger partial charge in [-0.25, -0.2) is 0 Å². The third-order valence-electron chi connectivity index (χ3n) is 1.91. The predicted octanol–water partition coefficient (Wildman–Crippen LogP) is 2.60.